The fourth-order valence-corrected chi connectivity index (χ4v) is 2.52. The van der Waals surface area contributed by atoms with Gasteiger partial charge in [-0.2, -0.15) is 0 Å². The SMILES string of the molecule is COC(=O)[C@H](CCO)N(C=O)c1ccc(-c2ccc(C)cc2)cc1. The van der Waals surface area contributed by atoms with Gasteiger partial charge in [-0.3, -0.25) is 4.79 Å². The Bertz CT molecular complexity index is 680. The predicted octanol–water partition coefficient (Wildman–Crippen LogP) is 2.55. The Morgan fingerprint density at radius 2 is 1.67 bits per heavy atom. The second-order valence-electron chi connectivity index (χ2n) is 5.48. The second-order valence-corrected chi connectivity index (χ2v) is 5.48. The average Bonchev–Trinajstić information content (AvgIpc) is 2.62. The fourth-order valence-electron chi connectivity index (χ4n) is 2.52. The van der Waals surface area contributed by atoms with Crippen LogP contribution in [0.15, 0.2) is 48.5 Å². The molecule has 5 heteroatoms. The molecule has 0 aliphatic heterocycles. The maximum absolute atomic E-state index is 11.9. The van der Waals surface area contributed by atoms with Crippen LogP contribution in [0.1, 0.15) is 12.0 Å². The summed E-state index contributed by atoms with van der Waals surface area (Å²) >= 11 is 0. The number of aliphatic hydroxyl groups excluding tert-OH is 1. The van der Waals surface area contributed by atoms with E-state index >= 15 is 0 Å². The van der Waals surface area contributed by atoms with E-state index in [0.717, 1.165) is 11.1 Å². The molecule has 1 amide bonds. The van der Waals surface area contributed by atoms with Crippen LogP contribution in [0, 0.1) is 6.92 Å². The molecule has 0 saturated carbocycles. The summed E-state index contributed by atoms with van der Waals surface area (Å²) in [5.74, 6) is -0.557. The van der Waals surface area contributed by atoms with E-state index in [1.807, 2.05) is 43.3 Å². The Morgan fingerprint density at radius 1 is 1.12 bits per heavy atom. The smallest absolute Gasteiger partial charge is 0.329 e. The highest BCUT2D eigenvalue weighted by atomic mass is 16.5. The van der Waals surface area contributed by atoms with Crippen molar-refractivity contribution in [3.05, 3.63) is 54.1 Å². The molecule has 2 aromatic carbocycles. The van der Waals surface area contributed by atoms with Crippen molar-refractivity contribution in [3.63, 3.8) is 0 Å². The Labute approximate surface area is 141 Å². The highest BCUT2D eigenvalue weighted by molar-refractivity contribution is 5.89. The molecule has 0 unspecified atom stereocenters. The Balaban J connectivity index is 2.27. The van der Waals surface area contributed by atoms with E-state index in [9.17, 15) is 9.59 Å². The lowest BCUT2D eigenvalue weighted by Crippen LogP contribution is -2.42. The van der Waals surface area contributed by atoms with Gasteiger partial charge < -0.3 is 14.7 Å². The summed E-state index contributed by atoms with van der Waals surface area (Å²) in [6.07, 6.45) is 0.698. The van der Waals surface area contributed by atoms with E-state index in [4.69, 9.17) is 9.84 Å². The maximum Gasteiger partial charge on any atom is 0.329 e. The average molecular weight is 327 g/mol. The first-order valence-electron chi connectivity index (χ1n) is 7.70. The summed E-state index contributed by atoms with van der Waals surface area (Å²) < 4.78 is 4.72. The van der Waals surface area contributed by atoms with E-state index in [0.29, 0.717) is 12.1 Å². The third-order valence-corrected chi connectivity index (χ3v) is 3.88. The second kappa shape index (κ2) is 8.26. The first kappa shape index (κ1) is 17.7. The van der Waals surface area contributed by atoms with Gasteiger partial charge in [-0.25, -0.2) is 4.79 Å². The number of anilines is 1. The molecular formula is C19H21NO4. The molecule has 0 aliphatic carbocycles. The number of hydrogen-bond donors (Lipinski definition) is 1. The van der Waals surface area contributed by atoms with Gasteiger partial charge in [0.25, 0.3) is 0 Å². The van der Waals surface area contributed by atoms with Crippen LogP contribution in [-0.4, -0.2) is 37.2 Å². The van der Waals surface area contributed by atoms with Gasteiger partial charge in [0.2, 0.25) is 6.41 Å². The molecule has 0 saturated heterocycles. The molecule has 0 heterocycles. The number of aliphatic hydroxyl groups is 1. The van der Waals surface area contributed by atoms with E-state index < -0.39 is 12.0 Å². The zero-order valence-corrected chi connectivity index (χ0v) is 13.8. The molecule has 0 aliphatic rings. The molecule has 0 aromatic heterocycles. The number of aryl methyl sites for hydroxylation is 1. The fraction of sp³-hybridized carbons (Fsp3) is 0.263. The first-order valence-corrected chi connectivity index (χ1v) is 7.70. The third-order valence-electron chi connectivity index (χ3n) is 3.88. The van der Waals surface area contributed by atoms with Crippen molar-refractivity contribution in [1.29, 1.82) is 0 Å². The molecule has 0 bridgehead atoms. The Morgan fingerprint density at radius 3 is 2.12 bits per heavy atom. The van der Waals surface area contributed by atoms with E-state index in [2.05, 4.69) is 0 Å². The monoisotopic (exact) mass is 327 g/mol. The van der Waals surface area contributed by atoms with Gasteiger partial charge in [0.05, 0.1) is 7.11 Å². The molecule has 0 fully saturated rings. The standard InChI is InChI=1S/C19H21NO4/c1-14-3-5-15(6-4-14)16-7-9-17(10-8-16)20(13-22)18(11-12-21)19(23)24-2/h3-10,13,18,21H,11-12H2,1-2H3/t18-/m0/s1. The van der Waals surface area contributed by atoms with Gasteiger partial charge in [0.1, 0.15) is 6.04 Å². The van der Waals surface area contributed by atoms with Crippen molar-refractivity contribution in [2.45, 2.75) is 19.4 Å². The minimum Gasteiger partial charge on any atom is -0.467 e. The van der Waals surface area contributed by atoms with Crippen LogP contribution in [0.4, 0.5) is 5.69 Å². The number of ether oxygens (including phenoxy) is 1. The molecule has 1 atom stereocenters. The summed E-state index contributed by atoms with van der Waals surface area (Å²) in [4.78, 5) is 24.6. The van der Waals surface area contributed by atoms with Gasteiger partial charge in [0.15, 0.2) is 0 Å². The highest BCUT2D eigenvalue weighted by Crippen LogP contribution is 2.25. The highest BCUT2D eigenvalue weighted by Gasteiger charge is 2.26. The van der Waals surface area contributed by atoms with Crippen LogP contribution in [0.2, 0.25) is 0 Å². The lowest BCUT2D eigenvalue weighted by molar-refractivity contribution is -0.143. The summed E-state index contributed by atoms with van der Waals surface area (Å²) in [6.45, 7) is 1.81. The molecule has 0 spiro atoms. The number of carbonyl (C=O) groups excluding carboxylic acids is 2. The predicted molar refractivity (Wildman–Crippen MR) is 92.7 cm³/mol. The van der Waals surface area contributed by atoms with Crippen molar-refractivity contribution in [2.75, 3.05) is 18.6 Å². The zero-order chi connectivity index (χ0) is 17.5. The molecular weight excluding hydrogens is 306 g/mol. The Kier molecular flexibility index (Phi) is 6.09. The number of methoxy groups -OCH3 is 1. The van der Waals surface area contributed by atoms with Gasteiger partial charge in [-0.15, -0.1) is 0 Å². The number of hydrogen-bond acceptors (Lipinski definition) is 4. The number of nitrogens with zero attached hydrogens (tertiary/aromatic N) is 1. The summed E-state index contributed by atoms with van der Waals surface area (Å²) in [5.41, 5.74) is 3.85. The Hall–Kier alpha value is -2.66. The zero-order valence-electron chi connectivity index (χ0n) is 13.8. The van der Waals surface area contributed by atoms with Gasteiger partial charge in [0, 0.05) is 18.7 Å². The first-order chi connectivity index (χ1) is 11.6. The van der Waals surface area contributed by atoms with Crippen molar-refractivity contribution >= 4 is 18.1 Å². The minimum atomic E-state index is -0.845. The molecule has 5 nitrogen and oxygen atoms in total. The van der Waals surface area contributed by atoms with E-state index in [1.54, 1.807) is 12.1 Å². The van der Waals surface area contributed by atoms with E-state index in [1.165, 1.54) is 17.6 Å². The van der Waals surface area contributed by atoms with E-state index in [-0.39, 0.29) is 13.0 Å². The topological polar surface area (TPSA) is 66.8 Å². The third kappa shape index (κ3) is 4.00. The number of esters is 1. The molecule has 1 N–H and O–H groups in total. The minimum absolute atomic E-state index is 0.116. The molecule has 24 heavy (non-hydrogen) atoms. The largest absolute Gasteiger partial charge is 0.467 e. The lowest BCUT2D eigenvalue weighted by atomic mass is 10.0. The van der Waals surface area contributed by atoms with Crippen molar-refractivity contribution in [2.24, 2.45) is 0 Å². The quantitative estimate of drug-likeness (QED) is 0.627. The summed E-state index contributed by atoms with van der Waals surface area (Å²) in [6, 6.07) is 14.6. The van der Waals surface area contributed by atoms with Crippen molar-refractivity contribution < 1.29 is 19.4 Å². The van der Waals surface area contributed by atoms with Gasteiger partial charge in [-0.05, 0) is 30.2 Å². The maximum atomic E-state index is 11.9. The number of rotatable bonds is 7. The number of amides is 1. The number of benzene rings is 2. The summed E-state index contributed by atoms with van der Waals surface area (Å²) in [7, 11) is 1.26. The molecule has 2 rings (SSSR count). The lowest BCUT2D eigenvalue weighted by Gasteiger charge is -2.25. The van der Waals surface area contributed by atoms with Gasteiger partial charge >= 0.3 is 5.97 Å². The van der Waals surface area contributed by atoms with Crippen molar-refractivity contribution in [3.8, 4) is 11.1 Å². The van der Waals surface area contributed by atoms with Crippen LogP contribution in [0.3, 0.4) is 0 Å². The summed E-state index contributed by atoms with van der Waals surface area (Å²) in [5, 5.41) is 9.14. The molecule has 126 valence electrons. The van der Waals surface area contributed by atoms with Gasteiger partial charge in [-0.1, -0.05) is 42.0 Å². The normalized spacial score (nSPS) is 11.6. The van der Waals surface area contributed by atoms with Crippen LogP contribution in [0.25, 0.3) is 11.1 Å². The number of carbonyl (C=O) groups is 2. The van der Waals surface area contributed by atoms with Crippen molar-refractivity contribution in [1.82, 2.24) is 0 Å². The van der Waals surface area contributed by atoms with Crippen LogP contribution < -0.4 is 4.90 Å². The van der Waals surface area contributed by atoms with Crippen LogP contribution in [-0.2, 0) is 14.3 Å². The van der Waals surface area contributed by atoms with Crippen LogP contribution in [0.5, 0.6) is 0 Å². The molecule has 2 aromatic rings. The van der Waals surface area contributed by atoms with Crippen LogP contribution >= 0.6 is 0 Å². The molecule has 0 radical (unpaired) electrons.